The molecule has 0 aliphatic carbocycles. The van der Waals surface area contributed by atoms with Crippen molar-refractivity contribution >= 4 is 55.7 Å². The van der Waals surface area contributed by atoms with E-state index < -0.39 is 0 Å². The van der Waals surface area contributed by atoms with E-state index in [-0.39, 0.29) is 0 Å². The first-order chi connectivity index (χ1) is 18.7. The number of hydrogen-bond donors (Lipinski definition) is 0. The number of pyridine rings is 1. The molecule has 5 aromatic carbocycles. The molecule has 1 aromatic heterocycles. The van der Waals surface area contributed by atoms with Crippen LogP contribution < -0.4 is 4.90 Å². The summed E-state index contributed by atoms with van der Waals surface area (Å²) in [6.45, 7) is 2.13. The smallest absolute Gasteiger partial charge is 0.0956 e. The van der Waals surface area contributed by atoms with Gasteiger partial charge in [-0.25, -0.2) is 4.98 Å². The van der Waals surface area contributed by atoms with Crippen LogP contribution >= 0.6 is 27.7 Å². The second-order valence-electron chi connectivity index (χ2n) is 9.47. The first-order valence-electron chi connectivity index (χ1n) is 12.6. The van der Waals surface area contributed by atoms with Crippen LogP contribution in [0.1, 0.15) is 5.56 Å². The topological polar surface area (TPSA) is 16.1 Å². The van der Waals surface area contributed by atoms with E-state index in [1.165, 1.54) is 37.9 Å². The molecule has 0 N–H and O–H groups in total. The van der Waals surface area contributed by atoms with E-state index in [1.807, 2.05) is 11.8 Å². The normalized spacial score (nSPS) is 12.3. The molecule has 0 spiro atoms. The minimum absolute atomic E-state index is 0.959. The van der Waals surface area contributed by atoms with Crippen LogP contribution in [0.25, 0.3) is 33.3 Å². The maximum absolute atomic E-state index is 5.34. The van der Waals surface area contributed by atoms with Gasteiger partial charge in [-0.1, -0.05) is 106 Å². The Hall–Kier alpha value is -3.86. The second kappa shape index (κ2) is 9.46. The predicted molar refractivity (Wildman–Crippen MR) is 164 cm³/mol. The molecule has 1 aliphatic rings. The molecule has 182 valence electrons. The van der Waals surface area contributed by atoms with Crippen LogP contribution in [0.15, 0.2) is 136 Å². The second-order valence-corrected chi connectivity index (χ2v) is 11.5. The van der Waals surface area contributed by atoms with Crippen LogP contribution in [0.5, 0.6) is 0 Å². The SMILES string of the molecule is Cc1ccc(-c2cc(-c3ccc(Br)cc3)nc3c(N4c5ccccc5Sc5ccccc54)cccc23)cc1. The predicted octanol–water partition coefficient (Wildman–Crippen LogP) is 10.6. The number of hydrogen-bond acceptors (Lipinski definition) is 3. The number of aryl methyl sites for hydroxylation is 1. The molecule has 0 atom stereocenters. The van der Waals surface area contributed by atoms with Crippen molar-refractivity contribution in [2.75, 3.05) is 4.90 Å². The van der Waals surface area contributed by atoms with Crippen LogP contribution in [0.4, 0.5) is 17.1 Å². The summed E-state index contributed by atoms with van der Waals surface area (Å²) in [6.07, 6.45) is 0. The molecule has 0 saturated carbocycles. The lowest BCUT2D eigenvalue weighted by molar-refractivity contribution is 1.17. The third-order valence-electron chi connectivity index (χ3n) is 6.99. The monoisotopic (exact) mass is 570 g/mol. The van der Waals surface area contributed by atoms with E-state index in [0.29, 0.717) is 0 Å². The summed E-state index contributed by atoms with van der Waals surface area (Å²) in [6, 6.07) is 43.2. The summed E-state index contributed by atoms with van der Waals surface area (Å²) < 4.78 is 1.06. The Balaban J connectivity index is 1.54. The molecular weight excluding hydrogens is 548 g/mol. The number of anilines is 3. The van der Waals surface area contributed by atoms with Gasteiger partial charge in [0.2, 0.25) is 0 Å². The van der Waals surface area contributed by atoms with Crippen molar-refractivity contribution in [1.29, 1.82) is 0 Å². The Morgan fingerprint density at radius 1 is 0.632 bits per heavy atom. The molecule has 0 unspecified atom stereocenters. The fourth-order valence-corrected chi connectivity index (χ4v) is 6.44. The highest BCUT2D eigenvalue weighted by molar-refractivity contribution is 9.10. The molecule has 38 heavy (non-hydrogen) atoms. The lowest BCUT2D eigenvalue weighted by Crippen LogP contribution is -2.15. The Morgan fingerprint density at radius 3 is 1.92 bits per heavy atom. The van der Waals surface area contributed by atoms with Gasteiger partial charge >= 0.3 is 0 Å². The van der Waals surface area contributed by atoms with Gasteiger partial charge in [-0.3, -0.25) is 0 Å². The Labute approximate surface area is 235 Å². The zero-order valence-corrected chi connectivity index (χ0v) is 23.1. The number of aromatic nitrogens is 1. The van der Waals surface area contributed by atoms with Gasteiger partial charge in [-0.2, -0.15) is 0 Å². The highest BCUT2D eigenvalue weighted by atomic mass is 79.9. The molecule has 1 aliphatic heterocycles. The van der Waals surface area contributed by atoms with Crippen LogP contribution in [-0.2, 0) is 0 Å². The average Bonchev–Trinajstić information content (AvgIpc) is 2.96. The number of fused-ring (bicyclic) bond motifs is 3. The molecule has 0 fully saturated rings. The fourth-order valence-electron chi connectivity index (χ4n) is 5.12. The van der Waals surface area contributed by atoms with Crippen molar-refractivity contribution in [2.24, 2.45) is 0 Å². The highest BCUT2D eigenvalue weighted by Crippen LogP contribution is 2.52. The molecule has 0 bridgehead atoms. The summed E-state index contributed by atoms with van der Waals surface area (Å²) in [5, 5.41) is 1.14. The van der Waals surface area contributed by atoms with Crippen molar-refractivity contribution < 1.29 is 0 Å². The quantitative estimate of drug-likeness (QED) is 0.210. The molecule has 4 heteroatoms. The van der Waals surface area contributed by atoms with E-state index in [2.05, 4.69) is 149 Å². The summed E-state index contributed by atoms with van der Waals surface area (Å²) in [5.41, 5.74) is 10.1. The summed E-state index contributed by atoms with van der Waals surface area (Å²) in [4.78, 5) is 10.2. The number of rotatable bonds is 3. The van der Waals surface area contributed by atoms with E-state index >= 15 is 0 Å². The van der Waals surface area contributed by atoms with Gasteiger partial charge in [-0.15, -0.1) is 0 Å². The molecule has 0 saturated heterocycles. The maximum Gasteiger partial charge on any atom is 0.0956 e. The highest BCUT2D eigenvalue weighted by Gasteiger charge is 2.26. The average molecular weight is 572 g/mol. The molecule has 0 radical (unpaired) electrons. The minimum atomic E-state index is 0.959. The Bertz CT molecular complexity index is 1770. The molecular formula is C34H23BrN2S. The number of para-hydroxylation sites is 3. The molecule has 7 rings (SSSR count). The fraction of sp³-hybridized carbons (Fsp3) is 0.0294. The lowest BCUT2D eigenvalue weighted by Gasteiger charge is -2.33. The van der Waals surface area contributed by atoms with Crippen molar-refractivity contribution in [3.05, 3.63) is 131 Å². The Kier molecular flexibility index (Phi) is 5.80. The zero-order valence-electron chi connectivity index (χ0n) is 20.7. The van der Waals surface area contributed by atoms with Gasteiger partial charge in [0.15, 0.2) is 0 Å². The largest absolute Gasteiger partial charge is 0.306 e. The summed E-state index contributed by atoms with van der Waals surface area (Å²) >= 11 is 5.40. The van der Waals surface area contributed by atoms with Gasteiger partial charge in [0.1, 0.15) is 0 Å². The third kappa shape index (κ3) is 4.01. The third-order valence-corrected chi connectivity index (χ3v) is 8.65. The van der Waals surface area contributed by atoms with Crippen molar-refractivity contribution in [3.8, 4) is 22.4 Å². The van der Waals surface area contributed by atoms with E-state index in [0.717, 1.165) is 32.3 Å². The van der Waals surface area contributed by atoms with E-state index in [9.17, 15) is 0 Å². The van der Waals surface area contributed by atoms with Gasteiger partial charge in [0.05, 0.1) is 28.3 Å². The standard InChI is InChI=1S/C34H23BrN2S/c1-22-13-15-23(16-14-22)27-21-28(24-17-19-25(35)20-18-24)36-34-26(27)7-6-10-31(34)37-29-8-2-4-11-32(29)38-33-12-5-3-9-30(33)37/h2-21H,1H3. The molecule has 2 nitrogen and oxygen atoms in total. The summed E-state index contributed by atoms with van der Waals surface area (Å²) in [7, 11) is 0. The van der Waals surface area contributed by atoms with Gasteiger partial charge in [0.25, 0.3) is 0 Å². The number of nitrogens with zero attached hydrogens (tertiary/aromatic N) is 2. The molecule has 6 aromatic rings. The van der Waals surface area contributed by atoms with Crippen molar-refractivity contribution in [2.45, 2.75) is 16.7 Å². The minimum Gasteiger partial charge on any atom is -0.306 e. The molecule has 0 amide bonds. The number of halogens is 1. The maximum atomic E-state index is 5.34. The summed E-state index contributed by atoms with van der Waals surface area (Å²) in [5.74, 6) is 0. The zero-order chi connectivity index (χ0) is 25.6. The van der Waals surface area contributed by atoms with Crippen molar-refractivity contribution in [1.82, 2.24) is 4.98 Å². The van der Waals surface area contributed by atoms with Crippen LogP contribution in [0.3, 0.4) is 0 Å². The number of benzene rings is 5. The van der Waals surface area contributed by atoms with Gasteiger partial charge in [-0.05, 0) is 66.6 Å². The Morgan fingerprint density at radius 2 is 1.24 bits per heavy atom. The first-order valence-corrected chi connectivity index (χ1v) is 14.2. The van der Waals surface area contributed by atoms with Crippen LogP contribution in [-0.4, -0.2) is 4.98 Å². The van der Waals surface area contributed by atoms with Crippen LogP contribution in [0, 0.1) is 6.92 Å². The van der Waals surface area contributed by atoms with Gasteiger partial charge < -0.3 is 4.90 Å². The van der Waals surface area contributed by atoms with Crippen molar-refractivity contribution in [3.63, 3.8) is 0 Å². The molecule has 2 heterocycles. The van der Waals surface area contributed by atoms with E-state index in [4.69, 9.17) is 4.98 Å². The lowest BCUT2D eigenvalue weighted by atomic mass is 9.96. The van der Waals surface area contributed by atoms with Gasteiger partial charge in [0, 0.05) is 25.2 Å². The van der Waals surface area contributed by atoms with E-state index in [1.54, 1.807) is 0 Å². The van der Waals surface area contributed by atoms with Crippen LogP contribution in [0.2, 0.25) is 0 Å². The first kappa shape index (κ1) is 23.3.